The van der Waals surface area contributed by atoms with Crippen LogP contribution in [0.15, 0.2) is 85.3 Å². The third kappa shape index (κ3) is 4.50. The molecule has 6 rings (SSSR count). The van der Waals surface area contributed by atoms with Gasteiger partial charge in [0.2, 0.25) is 6.79 Å². The van der Waals surface area contributed by atoms with Crippen LogP contribution in [-0.4, -0.2) is 34.2 Å². The molecule has 2 N–H and O–H groups in total. The lowest BCUT2D eigenvalue weighted by Crippen LogP contribution is -2.22. The topological polar surface area (TPSA) is 99.0 Å². The maximum absolute atomic E-state index is 12.7. The molecule has 1 aliphatic rings. The van der Waals surface area contributed by atoms with Crippen LogP contribution in [0, 0.1) is 0 Å². The van der Waals surface area contributed by atoms with E-state index in [9.17, 15) is 4.79 Å². The number of benzene rings is 3. The highest BCUT2D eigenvalue weighted by Gasteiger charge is 2.16. The van der Waals surface area contributed by atoms with Gasteiger partial charge in [-0.15, -0.1) is 0 Å². The lowest BCUT2D eigenvalue weighted by atomic mass is 10.1. The predicted molar refractivity (Wildman–Crippen MR) is 138 cm³/mol. The van der Waals surface area contributed by atoms with E-state index in [4.69, 9.17) is 19.2 Å². The van der Waals surface area contributed by atoms with Crippen molar-refractivity contribution < 1.29 is 19.0 Å². The van der Waals surface area contributed by atoms with Gasteiger partial charge in [-0.25, -0.2) is 4.98 Å². The number of nitrogens with one attached hydrogen (secondary N) is 2. The van der Waals surface area contributed by atoms with E-state index in [-0.39, 0.29) is 12.7 Å². The molecular weight excluding hydrogens is 470 g/mol. The van der Waals surface area contributed by atoms with Gasteiger partial charge in [0.15, 0.2) is 17.1 Å². The van der Waals surface area contributed by atoms with Crippen molar-refractivity contribution in [3.63, 3.8) is 0 Å². The van der Waals surface area contributed by atoms with Gasteiger partial charge in [0.05, 0.1) is 13.3 Å². The summed E-state index contributed by atoms with van der Waals surface area (Å²) >= 11 is 0. The fourth-order valence-corrected chi connectivity index (χ4v) is 4.15. The van der Waals surface area contributed by atoms with Crippen molar-refractivity contribution in [1.82, 2.24) is 19.7 Å². The summed E-state index contributed by atoms with van der Waals surface area (Å²) in [5.74, 6) is 2.82. The summed E-state index contributed by atoms with van der Waals surface area (Å²) in [6.07, 6.45) is 5.28. The zero-order valence-electron chi connectivity index (χ0n) is 20.0. The largest absolute Gasteiger partial charge is 0.497 e. The number of imidazole rings is 1. The van der Waals surface area contributed by atoms with Gasteiger partial charge in [-0.2, -0.15) is 0 Å². The van der Waals surface area contributed by atoms with Crippen LogP contribution in [0.2, 0.25) is 0 Å². The molecule has 3 aromatic carbocycles. The molecule has 9 heteroatoms. The Labute approximate surface area is 212 Å². The van der Waals surface area contributed by atoms with Crippen molar-refractivity contribution in [1.29, 1.82) is 0 Å². The lowest BCUT2D eigenvalue weighted by molar-refractivity contribution is 0.0951. The van der Waals surface area contributed by atoms with Crippen LogP contribution >= 0.6 is 0 Å². The Balaban J connectivity index is 1.19. The van der Waals surface area contributed by atoms with E-state index in [0.717, 1.165) is 45.5 Å². The Hall–Kier alpha value is -5.05. The molecule has 184 valence electrons. The van der Waals surface area contributed by atoms with Gasteiger partial charge in [-0.05, 0) is 66.2 Å². The third-order valence-corrected chi connectivity index (χ3v) is 6.09. The van der Waals surface area contributed by atoms with Crippen molar-refractivity contribution in [2.75, 3.05) is 19.2 Å². The van der Waals surface area contributed by atoms with Crippen LogP contribution in [-0.2, 0) is 6.54 Å². The second kappa shape index (κ2) is 9.54. The highest BCUT2D eigenvalue weighted by molar-refractivity contribution is 5.94. The number of ether oxygens (including phenoxy) is 3. The van der Waals surface area contributed by atoms with E-state index in [1.807, 2.05) is 65.2 Å². The number of nitrogens with zero attached hydrogens (tertiary/aromatic N) is 3. The fraction of sp³-hybridized carbons (Fsp3) is 0.107. The maximum atomic E-state index is 12.7. The number of rotatable bonds is 7. The molecule has 2 aromatic heterocycles. The normalized spacial score (nSPS) is 11.9. The Morgan fingerprint density at radius 3 is 2.65 bits per heavy atom. The summed E-state index contributed by atoms with van der Waals surface area (Å²) < 4.78 is 18.0. The fourth-order valence-electron chi connectivity index (χ4n) is 4.15. The van der Waals surface area contributed by atoms with E-state index < -0.39 is 0 Å². The number of aromatic nitrogens is 3. The van der Waals surface area contributed by atoms with Crippen LogP contribution in [0.5, 0.6) is 17.2 Å². The van der Waals surface area contributed by atoms with Crippen molar-refractivity contribution in [2.45, 2.75) is 6.54 Å². The van der Waals surface area contributed by atoms with Crippen LogP contribution in [0.25, 0.3) is 16.9 Å². The number of anilines is 2. The molecule has 9 nitrogen and oxygen atoms in total. The summed E-state index contributed by atoms with van der Waals surface area (Å²) in [5.41, 5.74) is 4.75. The maximum Gasteiger partial charge on any atom is 0.251 e. The van der Waals surface area contributed by atoms with Gasteiger partial charge < -0.3 is 24.8 Å². The molecule has 0 spiro atoms. The van der Waals surface area contributed by atoms with E-state index in [1.165, 1.54) is 0 Å². The molecule has 0 saturated carbocycles. The second-order valence-electron chi connectivity index (χ2n) is 8.41. The van der Waals surface area contributed by atoms with Crippen molar-refractivity contribution in [3.8, 4) is 28.5 Å². The molecule has 0 aliphatic carbocycles. The van der Waals surface area contributed by atoms with Crippen molar-refractivity contribution >= 4 is 23.1 Å². The zero-order chi connectivity index (χ0) is 25.2. The monoisotopic (exact) mass is 493 g/mol. The number of carbonyl (C=O) groups excluding carboxylic acids is 1. The quantitative estimate of drug-likeness (QED) is 0.336. The summed E-state index contributed by atoms with van der Waals surface area (Å²) in [7, 11) is 1.64. The Morgan fingerprint density at radius 2 is 1.84 bits per heavy atom. The highest BCUT2D eigenvalue weighted by atomic mass is 16.7. The van der Waals surface area contributed by atoms with Crippen molar-refractivity contribution in [2.24, 2.45) is 0 Å². The molecule has 0 unspecified atom stereocenters. The van der Waals surface area contributed by atoms with Gasteiger partial charge in [0, 0.05) is 35.8 Å². The number of methoxy groups -OCH3 is 1. The minimum atomic E-state index is -0.163. The molecule has 0 fully saturated rings. The van der Waals surface area contributed by atoms with E-state index in [0.29, 0.717) is 17.9 Å². The van der Waals surface area contributed by atoms with Gasteiger partial charge in [-0.1, -0.05) is 6.07 Å². The number of amides is 1. The van der Waals surface area contributed by atoms with Crippen LogP contribution in [0.1, 0.15) is 15.9 Å². The first-order valence-corrected chi connectivity index (χ1v) is 11.7. The van der Waals surface area contributed by atoms with Gasteiger partial charge in [-0.3, -0.25) is 14.2 Å². The molecule has 0 bridgehead atoms. The zero-order valence-corrected chi connectivity index (χ0v) is 20.0. The molecule has 0 atom stereocenters. The minimum absolute atomic E-state index is 0.163. The summed E-state index contributed by atoms with van der Waals surface area (Å²) in [5, 5.41) is 6.40. The first-order chi connectivity index (χ1) is 18.2. The SMILES string of the molecule is COc1ccc(-c2nc3cnccn3c2Nc2ccc(C(=O)NCc3ccc4c(c3)OCO4)cc2)cc1. The molecular formula is C28H23N5O4. The predicted octanol–water partition coefficient (Wildman–Crippen LogP) is 4.81. The van der Waals surface area contributed by atoms with E-state index in [2.05, 4.69) is 15.6 Å². The molecule has 1 amide bonds. The molecule has 0 saturated heterocycles. The lowest BCUT2D eigenvalue weighted by Gasteiger charge is -2.11. The highest BCUT2D eigenvalue weighted by Crippen LogP contribution is 2.33. The van der Waals surface area contributed by atoms with Gasteiger partial charge >= 0.3 is 0 Å². The molecule has 37 heavy (non-hydrogen) atoms. The second-order valence-corrected chi connectivity index (χ2v) is 8.41. The number of fused-ring (bicyclic) bond motifs is 2. The summed E-state index contributed by atoms with van der Waals surface area (Å²) in [6.45, 7) is 0.607. The molecule has 3 heterocycles. The third-order valence-electron chi connectivity index (χ3n) is 6.09. The molecule has 1 aliphatic heterocycles. The Bertz CT molecular complexity index is 1580. The Kier molecular flexibility index (Phi) is 5.78. The Morgan fingerprint density at radius 1 is 1.03 bits per heavy atom. The van der Waals surface area contributed by atoms with Crippen LogP contribution in [0.3, 0.4) is 0 Å². The van der Waals surface area contributed by atoms with Crippen LogP contribution < -0.4 is 24.8 Å². The molecule has 0 radical (unpaired) electrons. The molecule has 5 aromatic rings. The number of carbonyl (C=O) groups is 1. The van der Waals surface area contributed by atoms with Gasteiger partial charge in [0.25, 0.3) is 5.91 Å². The number of hydrogen-bond donors (Lipinski definition) is 2. The minimum Gasteiger partial charge on any atom is -0.497 e. The van der Waals surface area contributed by atoms with Gasteiger partial charge in [0.1, 0.15) is 17.3 Å². The first kappa shape index (κ1) is 22.4. The average Bonchev–Trinajstić information content (AvgIpc) is 3.57. The smallest absolute Gasteiger partial charge is 0.251 e. The van der Waals surface area contributed by atoms with Crippen LogP contribution in [0.4, 0.5) is 11.5 Å². The standard InChI is InChI=1S/C28H23N5O4/c1-35-22-9-5-19(6-10-22)26-27(33-13-12-29-16-25(33)32-26)31-21-7-3-20(4-8-21)28(34)30-15-18-2-11-23-24(14-18)37-17-36-23/h2-14,16,31H,15,17H2,1H3,(H,30,34). The summed E-state index contributed by atoms with van der Waals surface area (Å²) in [6, 6.07) is 20.7. The first-order valence-electron chi connectivity index (χ1n) is 11.7. The number of hydrogen-bond acceptors (Lipinski definition) is 7. The average molecular weight is 494 g/mol. The van der Waals surface area contributed by atoms with E-state index >= 15 is 0 Å². The van der Waals surface area contributed by atoms with E-state index in [1.54, 1.807) is 31.6 Å². The summed E-state index contributed by atoms with van der Waals surface area (Å²) in [4.78, 5) is 21.7. The van der Waals surface area contributed by atoms with Crippen molar-refractivity contribution in [3.05, 3.63) is 96.4 Å².